The second-order valence-corrected chi connectivity index (χ2v) is 9.17. The molecule has 2 atom stereocenters. The molecule has 3 N–H and O–H groups in total. The number of nitrogens with one attached hydrogen (secondary N) is 2. The minimum atomic E-state index is -1.14. The zero-order chi connectivity index (χ0) is 24.9. The highest BCUT2D eigenvalue weighted by Gasteiger charge is 2.31. The van der Waals surface area contributed by atoms with Crippen LogP contribution >= 0.6 is 0 Å². The highest BCUT2D eigenvalue weighted by Crippen LogP contribution is 2.44. The molecule has 1 aliphatic carbocycles. The highest BCUT2D eigenvalue weighted by atomic mass is 16.5. The second-order valence-electron chi connectivity index (χ2n) is 9.17. The van der Waals surface area contributed by atoms with E-state index in [0.717, 1.165) is 22.3 Å². The lowest BCUT2D eigenvalue weighted by molar-refractivity contribution is -0.144. The first-order valence-corrected chi connectivity index (χ1v) is 11.3. The van der Waals surface area contributed by atoms with Gasteiger partial charge in [-0.25, -0.2) is 9.59 Å². The van der Waals surface area contributed by atoms with Crippen LogP contribution < -0.4 is 10.6 Å². The summed E-state index contributed by atoms with van der Waals surface area (Å²) in [7, 11) is 1.49. The van der Waals surface area contributed by atoms with E-state index in [1.165, 1.54) is 7.11 Å². The van der Waals surface area contributed by atoms with Crippen LogP contribution in [0.15, 0.2) is 48.5 Å². The van der Waals surface area contributed by atoms with Gasteiger partial charge in [0.05, 0.1) is 11.5 Å². The first-order valence-electron chi connectivity index (χ1n) is 11.3. The lowest BCUT2D eigenvalue weighted by Gasteiger charge is -2.27. The van der Waals surface area contributed by atoms with Crippen molar-refractivity contribution in [2.75, 3.05) is 20.3 Å². The maximum absolute atomic E-state index is 12.5. The number of methoxy groups -OCH3 is 1. The van der Waals surface area contributed by atoms with E-state index in [0.29, 0.717) is 0 Å². The van der Waals surface area contributed by atoms with Gasteiger partial charge in [0.25, 0.3) is 0 Å². The zero-order valence-corrected chi connectivity index (χ0v) is 20.0. The topological polar surface area (TPSA) is 114 Å². The molecule has 0 spiro atoms. The Hall–Kier alpha value is -3.39. The van der Waals surface area contributed by atoms with Gasteiger partial charge in [0.15, 0.2) is 0 Å². The van der Waals surface area contributed by atoms with Gasteiger partial charge in [-0.1, -0.05) is 55.5 Å². The molecular weight excluding hydrogens is 436 g/mol. The number of carbonyl (C=O) groups is 3. The van der Waals surface area contributed by atoms with Crippen LogP contribution in [0.4, 0.5) is 4.79 Å². The van der Waals surface area contributed by atoms with E-state index in [-0.39, 0.29) is 25.5 Å². The summed E-state index contributed by atoms with van der Waals surface area (Å²) in [4.78, 5) is 36.4. The van der Waals surface area contributed by atoms with Gasteiger partial charge in [0, 0.05) is 26.0 Å². The Morgan fingerprint density at radius 3 is 2.12 bits per heavy atom. The molecule has 0 fully saturated rings. The van der Waals surface area contributed by atoms with Crippen LogP contribution in [0, 0.1) is 5.92 Å². The first-order chi connectivity index (χ1) is 16.1. The van der Waals surface area contributed by atoms with Crippen molar-refractivity contribution in [3.05, 3.63) is 59.7 Å². The normalized spacial score (nSPS) is 14.5. The molecule has 0 saturated carbocycles. The summed E-state index contributed by atoms with van der Waals surface area (Å²) < 4.78 is 10.7. The fourth-order valence-electron chi connectivity index (χ4n) is 4.07. The second kappa shape index (κ2) is 10.7. The Morgan fingerprint density at radius 2 is 1.59 bits per heavy atom. The maximum Gasteiger partial charge on any atom is 0.407 e. The Balaban J connectivity index is 1.51. The number of ether oxygens (including phenoxy) is 2. The molecular formula is C26H32N2O6. The average molecular weight is 469 g/mol. The zero-order valence-electron chi connectivity index (χ0n) is 20.0. The monoisotopic (exact) mass is 468 g/mol. The van der Waals surface area contributed by atoms with E-state index in [2.05, 4.69) is 22.8 Å². The summed E-state index contributed by atoms with van der Waals surface area (Å²) in [6.07, 6.45) is -0.520. The Kier molecular flexibility index (Phi) is 7.94. The van der Waals surface area contributed by atoms with Crippen LogP contribution in [-0.4, -0.2) is 55.0 Å². The van der Waals surface area contributed by atoms with Gasteiger partial charge in [0.2, 0.25) is 5.91 Å². The molecule has 0 aromatic heterocycles. The van der Waals surface area contributed by atoms with E-state index in [1.807, 2.05) is 36.4 Å². The number of carboxylic acids is 1. The van der Waals surface area contributed by atoms with Gasteiger partial charge >= 0.3 is 12.1 Å². The van der Waals surface area contributed by atoms with Crippen LogP contribution in [0.1, 0.15) is 44.2 Å². The largest absolute Gasteiger partial charge is 0.480 e. The van der Waals surface area contributed by atoms with Gasteiger partial charge in [-0.2, -0.15) is 0 Å². The average Bonchev–Trinajstić information content (AvgIpc) is 3.14. The fraction of sp³-hybridized carbons (Fsp3) is 0.423. The summed E-state index contributed by atoms with van der Waals surface area (Å²) in [6.45, 7) is 5.30. The van der Waals surface area contributed by atoms with Crippen molar-refractivity contribution in [2.45, 2.75) is 44.8 Å². The molecule has 0 heterocycles. The van der Waals surface area contributed by atoms with Crippen molar-refractivity contribution >= 4 is 18.0 Å². The number of aliphatic carboxylic acids is 1. The third-order valence-corrected chi connectivity index (χ3v) is 6.21. The van der Waals surface area contributed by atoms with E-state index in [4.69, 9.17) is 9.47 Å². The molecule has 2 unspecified atom stereocenters. The van der Waals surface area contributed by atoms with E-state index in [9.17, 15) is 19.5 Å². The minimum absolute atomic E-state index is 0.0164. The first kappa shape index (κ1) is 25.2. The molecule has 1 aliphatic rings. The Labute approximate surface area is 199 Å². The third-order valence-electron chi connectivity index (χ3n) is 6.21. The molecule has 8 nitrogen and oxygen atoms in total. The predicted molar refractivity (Wildman–Crippen MR) is 128 cm³/mol. The molecule has 2 aromatic carbocycles. The predicted octanol–water partition coefficient (Wildman–Crippen LogP) is 3.55. The molecule has 0 aliphatic heterocycles. The number of alkyl carbamates (subject to hydrolysis) is 1. The minimum Gasteiger partial charge on any atom is -0.480 e. The lowest BCUT2D eigenvalue weighted by Crippen LogP contribution is -2.48. The molecule has 8 heteroatoms. The van der Waals surface area contributed by atoms with Gasteiger partial charge < -0.3 is 25.2 Å². The fourth-order valence-corrected chi connectivity index (χ4v) is 4.07. The number of benzene rings is 2. The molecule has 34 heavy (non-hydrogen) atoms. The molecule has 0 bridgehead atoms. The SMILES string of the molecule is COC(C)(C)CC(NC(=O)C(C)CNC(=O)OCC1c2ccccc2-c2ccccc21)C(=O)O. The smallest absolute Gasteiger partial charge is 0.407 e. The van der Waals surface area contributed by atoms with Crippen molar-refractivity contribution in [3.63, 3.8) is 0 Å². The van der Waals surface area contributed by atoms with Crippen molar-refractivity contribution in [1.82, 2.24) is 10.6 Å². The quantitative estimate of drug-likeness (QED) is 0.491. The van der Waals surface area contributed by atoms with Crippen LogP contribution in [0.5, 0.6) is 0 Å². The molecule has 2 amide bonds. The summed E-state index contributed by atoms with van der Waals surface area (Å²) in [5.74, 6) is -2.32. The van der Waals surface area contributed by atoms with Gasteiger partial charge in [0.1, 0.15) is 12.6 Å². The summed E-state index contributed by atoms with van der Waals surface area (Å²) in [5.41, 5.74) is 3.80. The number of carboxylic acid groups (broad SMARTS) is 1. The van der Waals surface area contributed by atoms with Gasteiger partial charge in [-0.15, -0.1) is 0 Å². The van der Waals surface area contributed by atoms with Crippen molar-refractivity contribution in [3.8, 4) is 11.1 Å². The van der Waals surface area contributed by atoms with Crippen LogP contribution in [0.25, 0.3) is 11.1 Å². The summed E-state index contributed by atoms with van der Waals surface area (Å²) in [6, 6.07) is 15.0. The Morgan fingerprint density at radius 1 is 1.03 bits per heavy atom. The Bertz CT molecular complexity index is 1010. The highest BCUT2D eigenvalue weighted by molar-refractivity contribution is 5.85. The number of carbonyl (C=O) groups excluding carboxylic acids is 2. The van der Waals surface area contributed by atoms with Crippen molar-refractivity contribution < 1.29 is 29.0 Å². The van der Waals surface area contributed by atoms with E-state index >= 15 is 0 Å². The number of fused-ring (bicyclic) bond motifs is 3. The molecule has 3 rings (SSSR count). The maximum atomic E-state index is 12.5. The van der Waals surface area contributed by atoms with E-state index in [1.54, 1.807) is 20.8 Å². The molecule has 0 radical (unpaired) electrons. The number of hydrogen-bond donors (Lipinski definition) is 3. The standard InChI is InChI=1S/C26H32N2O6/c1-16(23(29)28-22(24(30)31)13-26(2,3)33-4)14-27-25(32)34-15-21-19-11-7-5-9-17(19)18-10-6-8-12-20(18)21/h5-12,16,21-22H,13-15H2,1-4H3,(H,27,32)(H,28,29)(H,30,31). The molecule has 2 aromatic rings. The van der Waals surface area contributed by atoms with Gasteiger partial charge in [-0.3, -0.25) is 4.79 Å². The van der Waals surface area contributed by atoms with Crippen LogP contribution in [0.3, 0.4) is 0 Å². The third kappa shape index (κ3) is 5.94. The number of hydrogen-bond acceptors (Lipinski definition) is 5. The van der Waals surface area contributed by atoms with Gasteiger partial charge in [-0.05, 0) is 36.1 Å². The van der Waals surface area contributed by atoms with E-state index < -0.39 is 35.5 Å². The van der Waals surface area contributed by atoms with Crippen LogP contribution in [-0.2, 0) is 19.1 Å². The molecule has 0 saturated heterocycles. The molecule has 182 valence electrons. The lowest BCUT2D eigenvalue weighted by atomic mass is 9.98. The summed E-state index contributed by atoms with van der Waals surface area (Å²) >= 11 is 0. The van der Waals surface area contributed by atoms with Crippen molar-refractivity contribution in [1.29, 1.82) is 0 Å². The summed E-state index contributed by atoms with van der Waals surface area (Å²) in [5, 5.41) is 14.6. The van der Waals surface area contributed by atoms with Crippen LogP contribution in [0.2, 0.25) is 0 Å². The number of amides is 2. The van der Waals surface area contributed by atoms with Crippen molar-refractivity contribution in [2.24, 2.45) is 5.92 Å². The number of rotatable bonds is 10.